The SMILES string of the molecule is CCOc1ccc(S(=O)(=O)Nc2ccc(N(c3ccccc3)C(C)C)cc2)cc1. The van der Waals surface area contributed by atoms with Crippen LogP contribution in [0, 0.1) is 0 Å². The molecule has 3 aromatic carbocycles. The highest BCUT2D eigenvalue weighted by Gasteiger charge is 2.16. The van der Waals surface area contributed by atoms with Gasteiger partial charge in [0.2, 0.25) is 0 Å². The van der Waals surface area contributed by atoms with Crippen LogP contribution in [-0.2, 0) is 10.0 Å². The van der Waals surface area contributed by atoms with Crippen molar-refractivity contribution < 1.29 is 13.2 Å². The summed E-state index contributed by atoms with van der Waals surface area (Å²) >= 11 is 0. The molecule has 0 aliphatic carbocycles. The summed E-state index contributed by atoms with van der Waals surface area (Å²) in [6, 6.07) is 24.1. The highest BCUT2D eigenvalue weighted by atomic mass is 32.2. The van der Waals surface area contributed by atoms with Crippen LogP contribution in [0.5, 0.6) is 5.75 Å². The van der Waals surface area contributed by atoms with Gasteiger partial charge < -0.3 is 9.64 Å². The van der Waals surface area contributed by atoms with Gasteiger partial charge in [-0.2, -0.15) is 0 Å². The minimum atomic E-state index is -3.67. The predicted octanol–water partition coefficient (Wildman–Crippen LogP) is 5.43. The molecule has 0 fully saturated rings. The number of nitrogens with one attached hydrogen (secondary N) is 1. The zero-order chi connectivity index (χ0) is 20.9. The maximum absolute atomic E-state index is 12.7. The molecule has 0 heterocycles. The van der Waals surface area contributed by atoms with Crippen LogP contribution in [0.2, 0.25) is 0 Å². The summed E-state index contributed by atoms with van der Waals surface area (Å²) in [5, 5.41) is 0. The van der Waals surface area contributed by atoms with Gasteiger partial charge in [-0.15, -0.1) is 0 Å². The lowest BCUT2D eigenvalue weighted by Crippen LogP contribution is -2.25. The van der Waals surface area contributed by atoms with E-state index >= 15 is 0 Å². The number of sulfonamides is 1. The largest absolute Gasteiger partial charge is 0.494 e. The van der Waals surface area contributed by atoms with Crippen molar-refractivity contribution in [3.05, 3.63) is 78.9 Å². The van der Waals surface area contributed by atoms with Gasteiger partial charge in [-0.3, -0.25) is 4.72 Å². The van der Waals surface area contributed by atoms with E-state index in [4.69, 9.17) is 4.74 Å². The van der Waals surface area contributed by atoms with E-state index in [2.05, 4.69) is 35.6 Å². The Balaban J connectivity index is 1.79. The van der Waals surface area contributed by atoms with Crippen LogP contribution in [-0.4, -0.2) is 21.1 Å². The standard InChI is InChI=1S/C23H26N2O3S/c1-4-28-22-14-16-23(17-15-22)29(26,27)24-19-10-12-21(13-11-19)25(18(2)3)20-8-6-5-7-9-20/h5-18,24H,4H2,1-3H3. The number of para-hydroxylation sites is 1. The molecule has 29 heavy (non-hydrogen) atoms. The highest BCUT2D eigenvalue weighted by molar-refractivity contribution is 7.92. The van der Waals surface area contributed by atoms with E-state index in [1.54, 1.807) is 24.3 Å². The molecular weight excluding hydrogens is 384 g/mol. The highest BCUT2D eigenvalue weighted by Crippen LogP contribution is 2.29. The summed E-state index contributed by atoms with van der Waals surface area (Å²) in [7, 11) is -3.67. The van der Waals surface area contributed by atoms with Crippen molar-refractivity contribution in [2.75, 3.05) is 16.2 Å². The van der Waals surface area contributed by atoms with Crippen molar-refractivity contribution in [3.63, 3.8) is 0 Å². The number of rotatable bonds is 8. The van der Waals surface area contributed by atoms with Gasteiger partial charge in [0.05, 0.1) is 11.5 Å². The molecule has 0 radical (unpaired) electrons. The van der Waals surface area contributed by atoms with Crippen molar-refractivity contribution in [1.29, 1.82) is 0 Å². The molecule has 1 N–H and O–H groups in total. The molecule has 0 aliphatic heterocycles. The fourth-order valence-electron chi connectivity index (χ4n) is 3.12. The molecule has 0 saturated heterocycles. The first-order valence-corrected chi connectivity index (χ1v) is 11.1. The number of anilines is 3. The first-order chi connectivity index (χ1) is 13.9. The Bertz CT molecular complexity index is 1020. The Morgan fingerprint density at radius 3 is 2.00 bits per heavy atom. The van der Waals surface area contributed by atoms with Crippen molar-refractivity contribution in [1.82, 2.24) is 0 Å². The second-order valence-electron chi connectivity index (χ2n) is 6.86. The van der Waals surface area contributed by atoms with Gasteiger partial charge in [-0.05, 0) is 81.4 Å². The van der Waals surface area contributed by atoms with Crippen LogP contribution in [0.3, 0.4) is 0 Å². The van der Waals surface area contributed by atoms with Gasteiger partial charge in [-0.1, -0.05) is 18.2 Å². The summed E-state index contributed by atoms with van der Waals surface area (Å²) in [5.74, 6) is 0.644. The van der Waals surface area contributed by atoms with E-state index < -0.39 is 10.0 Å². The number of ether oxygens (including phenoxy) is 1. The number of hydrogen-bond acceptors (Lipinski definition) is 4. The Kier molecular flexibility index (Phi) is 6.44. The third kappa shape index (κ3) is 5.09. The quantitative estimate of drug-likeness (QED) is 0.538. The van der Waals surface area contributed by atoms with E-state index in [0.29, 0.717) is 18.0 Å². The smallest absolute Gasteiger partial charge is 0.261 e. The van der Waals surface area contributed by atoms with Crippen LogP contribution in [0.1, 0.15) is 20.8 Å². The second kappa shape index (κ2) is 9.01. The third-order valence-corrected chi connectivity index (χ3v) is 5.79. The molecule has 0 unspecified atom stereocenters. The maximum Gasteiger partial charge on any atom is 0.261 e. The molecule has 5 nitrogen and oxygen atoms in total. The average Bonchev–Trinajstić information content (AvgIpc) is 2.70. The second-order valence-corrected chi connectivity index (χ2v) is 8.54. The van der Waals surface area contributed by atoms with Gasteiger partial charge in [0, 0.05) is 23.1 Å². The summed E-state index contributed by atoms with van der Waals surface area (Å²) in [6.07, 6.45) is 0. The fourth-order valence-corrected chi connectivity index (χ4v) is 4.18. The number of nitrogens with zero attached hydrogens (tertiary/aromatic N) is 1. The maximum atomic E-state index is 12.7. The Hall–Kier alpha value is -2.99. The molecule has 6 heteroatoms. The lowest BCUT2D eigenvalue weighted by atomic mass is 10.2. The van der Waals surface area contributed by atoms with Gasteiger partial charge in [0.25, 0.3) is 10.0 Å². The normalized spacial score (nSPS) is 11.3. The fraction of sp³-hybridized carbons (Fsp3) is 0.217. The predicted molar refractivity (Wildman–Crippen MR) is 119 cm³/mol. The third-order valence-electron chi connectivity index (χ3n) is 4.39. The van der Waals surface area contributed by atoms with E-state index in [1.807, 2.05) is 37.3 Å². The minimum Gasteiger partial charge on any atom is -0.494 e. The van der Waals surface area contributed by atoms with Crippen molar-refractivity contribution in [2.45, 2.75) is 31.7 Å². The molecule has 0 bridgehead atoms. The zero-order valence-electron chi connectivity index (χ0n) is 16.9. The van der Waals surface area contributed by atoms with E-state index in [1.165, 1.54) is 12.1 Å². The summed E-state index contributed by atoms with van der Waals surface area (Å²) in [6.45, 7) is 6.66. The molecule has 0 atom stereocenters. The van der Waals surface area contributed by atoms with Crippen LogP contribution in [0.4, 0.5) is 17.1 Å². The molecule has 0 saturated carbocycles. The average molecular weight is 411 g/mol. The van der Waals surface area contributed by atoms with Crippen molar-refractivity contribution in [2.24, 2.45) is 0 Å². The molecular formula is C23H26N2O3S. The van der Waals surface area contributed by atoms with Gasteiger partial charge in [0.15, 0.2) is 0 Å². The Labute approximate surface area is 173 Å². The lowest BCUT2D eigenvalue weighted by molar-refractivity contribution is 0.340. The topological polar surface area (TPSA) is 58.6 Å². The first-order valence-electron chi connectivity index (χ1n) is 9.61. The Morgan fingerprint density at radius 1 is 0.862 bits per heavy atom. The van der Waals surface area contributed by atoms with Gasteiger partial charge in [0.1, 0.15) is 5.75 Å². The van der Waals surface area contributed by atoms with Crippen LogP contribution in [0.25, 0.3) is 0 Å². The Morgan fingerprint density at radius 2 is 1.45 bits per heavy atom. The molecule has 152 valence electrons. The molecule has 0 aliphatic rings. The summed E-state index contributed by atoms with van der Waals surface area (Å²) < 4.78 is 33.3. The van der Waals surface area contributed by atoms with Crippen LogP contribution >= 0.6 is 0 Å². The lowest BCUT2D eigenvalue weighted by Gasteiger charge is -2.29. The monoisotopic (exact) mass is 410 g/mol. The van der Waals surface area contributed by atoms with Crippen molar-refractivity contribution in [3.8, 4) is 5.75 Å². The van der Waals surface area contributed by atoms with Gasteiger partial charge >= 0.3 is 0 Å². The molecule has 0 amide bonds. The summed E-state index contributed by atoms with van der Waals surface area (Å²) in [5.41, 5.74) is 2.60. The number of hydrogen-bond donors (Lipinski definition) is 1. The van der Waals surface area contributed by atoms with Crippen molar-refractivity contribution >= 4 is 27.1 Å². The van der Waals surface area contributed by atoms with Gasteiger partial charge in [-0.25, -0.2) is 8.42 Å². The summed E-state index contributed by atoms with van der Waals surface area (Å²) in [4.78, 5) is 2.39. The molecule has 0 spiro atoms. The minimum absolute atomic E-state index is 0.193. The van der Waals surface area contributed by atoms with E-state index in [-0.39, 0.29) is 10.9 Å². The number of benzene rings is 3. The molecule has 3 rings (SSSR count). The van der Waals surface area contributed by atoms with E-state index in [0.717, 1.165) is 11.4 Å². The van der Waals surface area contributed by atoms with Crippen LogP contribution in [0.15, 0.2) is 83.8 Å². The molecule has 0 aromatic heterocycles. The van der Waals surface area contributed by atoms with Crippen LogP contribution < -0.4 is 14.4 Å². The molecule has 3 aromatic rings. The van der Waals surface area contributed by atoms with E-state index in [9.17, 15) is 8.42 Å². The zero-order valence-corrected chi connectivity index (χ0v) is 17.7. The first kappa shape index (κ1) is 20.7.